The van der Waals surface area contributed by atoms with Gasteiger partial charge in [-0.3, -0.25) is 0 Å². The maximum atomic E-state index is 13.6. The van der Waals surface area contributed by atoms with Gasteiger partial charge in [0.15, 0.2) is 0 Å². The number of hydrogen-bond acceptors (Lipinski definition) is 3. The van der Waals surface area contributed by atoms with Crippen LogP contribution in [0.2, 0.25) is 0 Å². The van der Waals surface area contributed by atoms with Crippen LogP contribution in [0.25, 0.3) is 0 Å². The fraction of sp³-hybridized carbons (Fsp3) is 0.467. The van der Waals surface area contributed by atoms with Crippen molar-refractivity contribution in [1.29, 1.82) is 0 Å². The quantitative estimate of drug-likeness (QED) is 0.671. The highest BCUT2D eigenvalue weighted by atomic mass is 19.1. The third-order valence-corrected chi connectivity index (χ3v) is 2.13. The van der Waals surface area contributed by atoms with E-state index in [1.165, 1.54) is 12.1 Å². The molecule has 0 aromatic heterocycles. The monoisotopic (exact) mass is 266 g/mol. The van der Waals surface area contributed by atoms with Gasteiger partial charge in [0.25, 0.3) is 0 Å². The summed E-state index contributed by atoms with van der Waals surface area (Å²) in [6.45, 7) is 6.39. The zero-order valence-electron chi connectivity index (χ0n) is 11.5. The van der Waals surface area contributed by atoms with Crippen LogP contribution < -0.4 is 4.74 Å². The van der Waals surface area contributed by atoms with Crippen molar-refractivity contribution in [2.75, 3.05) is 19.8 Å². The molecule has 0 saturated heterocycles. The molecule has 0 amide bonds. The summed E-state index contributed by atoms with van der Waals surface area (Å²) in [5, 5.41) is 8.55. The molecule has 104 valence electrons. The van der Waals surface area contributed by atoms with Gasteiger partial charge in [-0.05, 0) is 32.9 Å². The van der Waals surface area contributed by atoms with Crippen LogP contribution in [0.15, 0.2) is 18.2 Å². The molecule has 0 atom stereocenters. The van der Waals surface area contributed by atoms with Crippen molar-refractivity contribution < 1.29 is 19.0 Å². The summed E-state index contributed by atoms with van der Waals surface area (Å²) in [5.41, 5.74) is 0.0329. The maximum Gasteiger partial charge on any atom is 0.142 e. The molecule has 0 fully saturated rings. The largest absolute Gasteiger partial charge is 0.491 e. The van der Waals surface area contributed by atoms with Crippen molar-refractivity contribution >= 4 is 0 Å². The molecule has 0 saturated carbocycles. The lowest BCUT2D eigenvalue weighted by atomic mass is 10.2. The van der Waals surface area contributed by atoms with E-state index in [1.54, 1.807) is 6.07 Å². The topological polar surface area (TPSA) is 38.7 Å². The lowest BCUT2D eigenvalue weighted by molar-refractivity contribution is -0.0163. The number of ether oxygens (including phenoxy) is 2. The second-order valence-electron chi connectivity index (χ2n) is 4.91. The minimum absolute atomic E-state index is 0.210. The lowest BCUT2D eigenvalue weighted by Crippen LogP contribution is -2.22. The Balaban J connectivity index is 2.50. The van der Waals surface area contributed by atoms with Crippen molar-refractivity contribution in [2.45, 2.75) is 26.4 Å². The van der Waals surface area contributed by atoms with E-state index >= 15 is 0 Å². The van der Waals surface area contributed by atoms with Crippen LogP contribution in [-0.4, -0.2) is 30.5 Å². The number of rotatable bonds is 4. The molecule has 4 heteroatoms. The van der Waals surface area contributed by atoms with Gasteiger partial charge in [0, 0.05) is 6.07 Å². The Morgan fingerprint density at radius 2 is 2.00 bits per heavy atom. The molecule has 19 heavy (non-hydrogen) atoms. The second-order valence-corrected chi connectivity index (χ2v) is 4.91. The highest BCUT2D eigenvalue weighted by Gasteiger charge is 2.09. The SMILES string of the molecule is CC(C)(C)OCCOc1ccc(C#CCO)c(F)c1. The standard InChI is InChI=1S/C15H19FO3/c1-15(2,3)19-10-9-18-13-7-6-12(5-4-8-17)14(16)11-13/h6-7,11,17H,8-10H2,1-3H3. The van der Waals surface area contributed by atoms with Gasteiger partial charge in [-0.25, -0.2) is 4.39 Å². The van der Waals surface area contributed by atoms with E-state index in [9.17, 15) is 4.39 Å². The van der Waals surface area contributed by atoms with Crippen LogP contribution in [-0.2, 0) is 4.74 Å². The number of aliphatic hydroxyl groups excluding tert-OH is 1. The van der Waals surface area contributed by atoms with Crippen molar-refractivity contribution in [3.8, 4) is 17.6 Å². The van der Waals surface area contributed by atoms with Crippen LogP contribution in [0.5, 0.6) is 5.75 Å². The van der Waals surface area contributed by atoms with E-state index in [0.29, 0.717) is 19.0 Å². The maximum absolute atomic E-state index is 13.6. The fourth-order valence-electron chi connectivity index (χ4n) is 1.33. The second kappa shape index (κ2) is 7.13. The first-order chi connectivity index (χ1) is 8.92. The zero-order chi connectivity index (χ0) is 14.3. The van der Waals surface area contributed by atoms with Crippen molar-refractivity contribution in [3.05, 3.63) is 29.6 Å². The molecule has 1 N–H and O–H groups in total. The van der Waals surface area contributed by atoms with Gasteiger partial charge in [0.2, 0.25) is 0 Å². The van der Waals surface area contributed by atoms with Crippen LogP contribution in [0.1, 0.15) is 26.3 Å². The lowest BCUT2D eigenvalue weighted by Gasteiger charge is -2.19. The van der Waals surface area contributed by atoms with Gasteiger partial charge in [0.05, 0.1) is 17.8 Å². The molecule has 1 aromatic rings. The Hall–Kier alpha value is -1.57. The van der Waals surface area contributed by atoms with Gasteiger partial charge < -0.3 is 14.6 Å². The third kappa shape index (κ3) is 6.23. The molecule has 1 rings (SSSR count). The first kappa shape index (κ1) is 15.5. The van der Waals surface area contributed by atoms with E-state index in [1.807, 2.05) is 20.8 Å². The van der Waals surface area contributed by atoms with Gasteiger partial charge in [-0.1, -0.05) is 11.8 Å². The molecule has 1 aromatic carbocycles. The van der Waals surface area contributed by atoms with Crippen molar-refractivity contribution in [3.63, 3.8) is 0 Å². The molecule has 0 radical (unpaired) electrons. The number of aliphatic hydroxyl groups is 1. The Kier molecular flexibility index (Phi) is 5.81. The highest BCUT2D eigenvalue weighted by Crippen LogP contribution is 2.16. The molecule has 0 bridgehead atoms. The smallest absolute Gasteiger partial charge is 0.142 e. The normalized spacial score (nSPS) is 10.8. The predicted octanol–water partition coefficient (Wildman–Crippen LogP) is 2.36. The van der Waals surface area contributed by atoms with Gasteiger partial charge in [-0.2, -0.15) is 0 Å². The van der Waals surface area contributed by atoms with Crippen LogP contribution >= 0.6 is 0 Å². The Morgan fingerprint density at radius 1 is 1.26 bits per heavy atom. The predicted molar refractivity (Wildman–Crippen MR) is 71.6 cm³/mol. The van der Waals surface area contributed by atoms with Crippen molar-refractivity contribution in [1.82, 2.24) is 0 Å². The first-order valence-corrected chi connectivity index (χ1v) is 6.08. The number of benzene rings is 1. The Morgan fingerprint density at radius 3 is 2.58 bits per heavy atom. The van der Waals surface area contributed by atoms with E-state index in [2.05, 4.69) is 11.8 Å². The van der Waals surface area contributed by atoms with E-state index in [4.69, 9.17) is 14.6 Å². The van der Waals surface area contributed by atoms with Gasteiger partial charge in [0.1, 0.15) is 24.8 Å². The van der Waals surface area contributed by atoms with Crippen LogP contribution in [0, 0.1) is 17.7 Å². The van der Waals surface area contributed by atoms with E-state index in [-0.39, 0.29) is 17.8 Å². The Bertz CT molecular complexity index is 467. The summed E-state index contributed by atoms with van der Waals surface area (Å²) < 4.78 is 24.4. The molecule has 0 aliphatic carbocycles. The van der Waals surface area contributed by atoms with Crippen LogP contribution in [0.4, 0.5) is 4.39 Å². The number of hydrogen-bond donors (Lipinski definition) is 1. The van der Waals surface area contributed by atoms with E-state index in [0.717, 1.165) is 0 Å². The van der Waals surface area contributed by atoms with Gasteiger partial charge in [-0.15, -0.1) is 0 Å². The summed E-state index contributed by atoms with van der Waals surface area (Å²) in [4.78, 5) is 0. The summed E-state index contributed by atoms with van der Waals surface area (Å²) in [7, 11) is 0. The third-order valence-electron chi connectivity index (χ3n) is 2.13. The molecular formula is C15H19FO3. The summed E-state index contributed by atoms with van der Waals surface area (Å²) in [5.74, 6) is 4.89. The molecule has 0 unspecified atom stereocenters. The average molecular weight is 266 g/mol. The zero-order valence-corrected chi connectivity index (χ0v) is 11.5. The highest BCUT2D eigenvalue weighted by molar-refractivity contribution is 5.39. The molecule has 3 nitrogen and oxygen atoms in total. The van der Waals surface area contributed by atoms with Crippen LogP contribution in [0.3, 0.4) is 0 Å². The minimum Gasteiger partial charge on any atom is -0.491 e. The fourth-order valence-corrected chi connectivity index (χ4v) is 1.33. The molecular weight excluding hydrogens is 247 g/mol. The minimum atomic E-state index is -0.463. The summed E-state index contributed by atoms with van der Waals surface area (Å²) in [6, 6.07) is 4.44. The van der Waals surface area contributed by atoms with Gasteiger partial charge >= 0.3 is 0 Å². The molecule has 0 aliphatic rings. The molecule has 0 spiro atoms. The summed E-state index contributed by atoms with van der Waals surface area (Å²) >= 11 is 0. The van der Waals surface area contributed by atoms with E-state index < -0.39 is 5.82 Å². The first-order valence-electron chi connectivity index (χ1n) is 6.08. The number of halogens is 1. The molecule has 0 aliphatic heterocycles. The average Bonchev–Trinajstić information content (AvgIpc) is 2.32. The summed E-state index contributed by atoms with van der Waals surface area (Å²) in [6.07, 6.45) is 0. The molecule has 0 heterocycles. The van der Waals surface area contributed by atoms with Crippen molar-refractivity contribution in [2.24, 2.45) is 0 Å². The Labute approximate surface area is 113 Å².